The van der Waals surface area contributed by atoms with Gasteiger partial charge in [-0.25, -0.2) is 13.6 Å². The summed E-state index contributed by atoms with van der Waals surface area (Å²) in [4.78, 5) is 11.2. The molecule has 0 bridgehead atoms. The Labute approximate surface area is 94.0 Å². The topological polar surface area (TPSA) is 58.6 Å². The monoisotopic (exact) mass is 239 g/mol. The quantitative estimate of drug-likeness (QED) is 0.788. The standard InChI is InChI=1S/C10H19F2NO3/c1-9(2,3)16-8(15)13-7(6-14)5-10(4,11)12/h7,14H,5-6H2,1-4H3,(H,13,15)/t7-/m0/s1. The second kappa shape index (κ2) is 5.43. The normalized spacial score (nSPS) is 14.4. The SMILES string of the molecule is CC(F)(F)C[C@@H](CO)NC(=O)OC(C)(C)C. The fourth-order valence-electron chi connectivity index (χ4n) is 1.07. The highest BCUT2D eigenvalue weighted by Crippen LogP contribution is 2.19. The maximum atomic E-state index is 12.6. The zero-order chi connectivity index (χ0) is 13.0. The van der Waals surface area contributed by atoms with E-state index in [-0.39, 0.29) is 0 Å². The molecule has 0 aliphatic carbocycles. The van der Waals surface area contributed by atoms with Gasteiger partial charge >= 0.3 is 6.09 Å². The van der Waals surface area contributed by atoms with E-state index >= 15 is 0 Å². The molecular formula is C10H19F2NO3. The number of alkyl carbamates (subject to hydrolysis) is 1. The Morgan fingerprint density at radius 3 is 2.19 bits per heavy atom. The van der Waals surface area contributed by atoms with Crippen LogP contribution in [-0.2, 0) is 4.74 Å². The number of nitrogens with one attached hydrogen (secondary N) is 1. The number of carbonyl (C=O) groups excluding carboxylic acids is 1. The predicted octanol–water partition coefficient (Wildman–Crippen LogP) is 1.92. The van der Waals surface area contributed by atoms with Crippen molar-refractivity contribution < 1.29 is 23.4 Å². The van der Waals surface area contributed by atoms with E-state index in [1.54, 1.807) is 20.8 Å². The first-order valence-corrected chi connectivity index (χ1v) is 5.02. The molecule has 0 radical (unpaired) electrons. The van der Waals surface area contributed by atoms with E-state index in [2.05, 4.69) is 5.32 Å². The number of alkyl halides is 2. The van der Waals surface area contributed by atoms with E-state index in [4.69, 9.17) is 9.84 Å². The molecule has 0 saturated heterocycles. The van der Waals surface area contributed by atoms with Crippen molar-refractivity contribution in [3.8, 4) is 0 Å². The molecule has 6 heteroatoms. The van der Waals surface area contributed by atoms with E-state index < -0.39 is 36.7 Å². The molecule has 0 aliphatic heterocycles. The van der Waals surface area contributed by atoms with E-state index in [1.807, 2.05) is 0 Å². The van der Waals surface area contributed by atoms with Crippen molar-refractivity contribution in [2.75, 3.05) is 6.61 Å². The smallest absolute Gasteiger partial charge is 0.407 e. The molecular weight excluding hydrogens is 220 g/mol. The van der Waals surface area contributed by atoms with Crippen molar-refractivity contribution in [1.82, 2.24) is 5.32 Å². The first kappa shape index (κ1) is 15.1. The lowest BCUT2D eigenvalue weighted by molar-refractivity contribution is -0.00649. The summed E-state index contributed by atoms with van der Waals surface area (Å²) in [7, 11) is 0. The van der Waals surface area contributed by atoms with Crippen molar-refractivity contribution >= 4 is 6.09 Å². The molecule has 16 heavy (non-hydrogen) atoms. The summed E-state index contributed by atoms with van der Waals surface area (Å²) in [5, 5.41) is 11.0. The molecule has 0 unspecified atom stereocenters. The number of aliphatic hydroxyl groups excluding tert-OH is 1. The highest BCUT2D eigenvalue weighted by atomic mass is 19.3. The average molecular weight is 239 g/mol. The van der Waals surface area contributed by atoms with Gasteiger partial charge in [0.2, 0.25) is 5.92 Å². The Kier molecular flexibility index (Phi) is 5.12. The molecule has 96 valence electrons. The van der Waals surface area contributed by atoms with E-state index in [0.29, 0.717) is 0 Å². The van der Waals surface area contributed by atoms with Gasteiger partial charge in [0.1, 0.15) is 5.60 Å². The van der Waals surface area contributed by atoms with Crippen LogP contribution in [-0.4, -0.2) is 35.4 Å². The van der Waals surface area contributed by atoms with Crippen molar-refractivity contribution in [1.29, 1.82) is 0 Å². The Bertz CT molecular complexity index is 233. The third kappa shape index (κ3) is 8.40. The molecule has 0 fully saturated rings. The number of rotatable bonds is 4. The molecule has 1 atom stereocenters. The van der Waals surface area contributed by atoms with Gasteiger partial charge in [-0.05, 0) is 27.7 Å². The summed E-state index contributed by atoms with van der Waals surface area (Å²) >= 11 is 0. The minimum absolute atomic E-state index is 0.553. The van der Waals surface area contributed by atoms with Gasteiger partial charge in [0, 0.05) is 6.42 Å². The van der Waals surface area contributed by atoms with E-state index in [1.165, 1.54) is 0 Å². The number of hydrogen-bond donors (Lipinski definition) is 2. The van der Waals surface area contributed by atoms with Crippen LogP contribution in [0.15, 0.2) is 0 Å². The Morgan fingerprint density at radius 2 is 1.88 bits per heavy atom. The second-order valence-electron chi connectivity index (χ2n) is 4.80. The fraction of sp³-hybridized carbons (Fsp3) is 0.900. The van der Waals surface area contributed by atoms with Crippen LogP contribution in [0, 0.1) is 0 Å². The number of hydrogen-bond acceptors (Lipinski definition) is 3. The second-order valence-corrected chi connectivity index (χ2v) is 4.80. The first-order chi connectivity index (χ1) is 7.03. The fourth-order valence-corrected chi connectivity index (χ4v) is 1.07. The Hall–Kier alpha value is -0.910. The maximum absolute atomic E-state index is 12.6. The van der Waals surface area contributed by atoms with Crippen LogP contribution < -0.4 is 5.32 Å². The van der Waals surface area contributed by atoms with Gasteiger partial charge in [-0.15, -0.1) is 0 Å². The average Bonchev–Trinajstić information content (AvgIpc) is 1.96. The van der Waals surface area contributed by atoms with Crippen LogP contribution in [0.25, 0.3) is 0 Å². The minimum Gasteiger partial charge on any atom is -0.444 e. The molecule has 0 spiro atoms. The molecule has 4 nitrogen and oxygen atoms in total. The summed E-state index contributed by atoms with van der Waals surface area (Å²) in [5.41, 5.74) is -0.696. The van der Waals surface area contributed by atoms with Crippen LogP contribution in [0.5, 0.6) is 0 Å². The van der Waals surface area contributed by atoms with Crippen molar-refractivity contribution in [2.45, 2.75) is 51.7 Å². The van der Waals surface area contributed by atoms with Crippen LogP contribution in [0.2, 0.25) is 0 Å². The molecule has 0 aromatic heterocycles. The van der Waals surface area contributed by atoms with Gasteiger partial charge in [0.15, 0.2) is 0 Å². The van der Waals surface area contributed by atoms with Gasteiger partial charge in [-0.2, -0.15) is 0 Å². The number of ether oxygens (including phenoxy) is 1. The molecule has 0 saturated carbocycles. The van der Waals surface area contributed by atoms with Gasteiger partial charge in [0.05, 0.1) is 12.6 Å². The molecule has 1 amide bonds. The maximum Gasteiger partial charge on any atom is 0.407 e. The van der Waals surface area contributed by atoms with Crippen LogP contribution in [0.4, 0.5) is 13.6 Å². The third-order valence-electron chi connectivity index (χ3n) is 1.55. The van der Waals surface area contributed by atoms with Crippen molar-refractivity contribution in [3.63, 3.8) is 0 Å². The summed E-state index contributed by atoms with van der Waals surface area (Å²) < 4.78 is 30.2. The molecule has 0 aromatic carbocycles. The largest absolute Gasteiger partial charge is 0.444 e. The van der Waals surface area contributed by atoms with Gasteiger partial charge in [-0.1, -0.05) is 0 Å². The van der Waals surface area contributed by atoms with Gasteiger partial charge in [-0.3, -0.25) is 0 Å². The van der Waals surface area contributed by atoms with Gasteiger partial charge in [0.25, 0.3) is 0 Å². The molecule has 0 aromatic rings. The third-order valence-corrected chi connectivity index (χ3v) is 1.55. The summed E-state index contributed by atoms with van der Waals surface area (Å²) in [6.07, 6.45) is -1.43. The lowest BCUT2D eigenvalue weighted by atomic mass is 10.1. The van der Waals surface area contributed by atoms with E-state index in [0.717, 1.165) is 6.92 Å². The number of carbonyl (C=O) groups is 1. The summed E-state index contributed by atoms with van der Waals surface area (Å²) in [6, 6.07) is -1.00. The summed E-state index contributed by atoms with van der Waals surface area (Å²) in [6.45, 7) is 5.16. The van der Waals surface area contributed by atoms with Crippen LogP contribution >= 0.6 is 0 Å². The lowest BCUT2D eigenvalue weighted by Crippen LogP contribution is -2.43. The van der Waals surface area contributed by atoms with Crippen LogP contribution in [0.3, 0.4) is 0 Å². The summed E-state index contributed by atoms with van der Waals surface area (Å²) in [5.74, 6) is -2.94. The zero-order valence-corrected chi connectivity index (χ0v) is 10.0. The number of aliphatic hydroxyl groups is 1. The number of amides is 1. The van der Waals surface area contributed by atoms with E-state index in [9.17, 15) is 13.6 Å². The highest BCUT2D eigenvalue weighted by Gasteiger charge is 2.28. The predicted molar refractivity (Wildman–Crippen MR) is 55.5 cm³/mol. The Morgan fingerprint density at radius 1 is 1.38 bits per heavy atom. The van der Waals surface area contributed by atoms with Crippen LogP contribution in [0.1, 0.15) is 34.1 Å². The van der Waals surface area contributed by atoms with Gasteiger partial charge < -0.3 is 15.2 Å². The van der Waals surface area contributed by atoms with Crippen molar-refractivity contribution in [3.05, 3.63) is 0 Å². The minimum atomic E-state index is -2.94. The lowest BCUT2D eigenvalue weighted by Gasteiger charge is -2.24. The molecule has 0 aliphatic rings. The molecule has 0 rings (SSSR count). The highest BCUT2D eigenvalue weighted by molar-refractivity contribution is 5.68. The van der Waals surface area contributed by atoms with Crippen molar-refractivity contribution in [2.24, 2.45) is 0 Å². The number of halogens is 2. The Balaban J connectivity index is 4.18. The molecule has 2 N–H and O–H groups in total. The first-order valence-electron chi connectivity index (χ1n) is 5.02. The zero-order valence-electron chi connectivity index (χ0n) is 10.0. The molecule has 0 heterocycles.